The molecule has 0 aromatic heterocycles. The van der Waals surface area contributed by atoms with Crippen LogP contribution in [0.1, 0.15) is 39.5 Å². The van der Waals surface area contributed by atoms with E-state index < -0.39 is 0 Å². The number of rotatable bonds is 4. The Balaban J connectivity index is 1.98. The van der Waals surface area contributed by atoms with Gasteiger partial charge in [-0.15, -0.1) is 0 Å². The quantitative estimate of drug-likeness (QED) is 0.694. The van der Waals surface area contributed by atoms with Crippen LogP contribution in [-0.2, 0) is 9.59 Å². The van der Waals surface area contributed by atoms with Gasteiger partial charge >= 0.3 is 0 Å². The maximum atomic E-state index is 11.9. The highest BCUT2D eigenvalue weighted by molar-refractivity contribution is 6.05. The van der Waals surface area contributed by atoms with Crippen molar-refractivity contribution in [2.24, 2.45) is 0 Å². The van der Waals surface area contributed by atoms with Crippen LogP contribution >= 0.6 is 0 Å². The molecule has 2 amide bonds. The smallest absolute Gasteiger partial charge is 0.246 e. The van der Waals surface area contributed by atoms with Crippen molar-refractivity contribution in [1.82, 2.24) is 10.2 Å². The number of nitrogens with one attached hydrogen (secondary N) is 1. The topological polar surface area (TPSA) is 49.4 Å². The summed E-state index contributed by atoms with van der Waals surface area (Å²) in [5.41, 5.74) is 0.114. The van der Waals surface area contributed by atoms with Crippen LogP contribution in [0.2, 0.25) is 0 Å². The fraction of sp³-hybridized carbons (Fsp3) is 0.818. The molecule has 1 N–H and O–H groups in total. The van der Waals surface area contributed by atoms with Crippen molar-refractivity contribution in [1.29, 1.82) is 0 Å². The molecule has 0 radical (unpaired) electrons. The van der Waals surface area contributed by atoms with E-state index in [4.69, 9.17) is 0 Å². The largest absolute Gasteiger partial charge is 0.300 e. The standard InChI is InChI=1S/C11H18N2O2/c1-3-6-13-9(14)7-8(10(13)15)12-11(2)4-5-11/h8,12H,3-7H2,1-2H3. The van der Waals surface area contributed by atoms with E-state index in [0.717, 1.165) is 19.3 Å². The van der Waals surface area contributed by atoms with Gasteiger partial charge in [0.15, 0.2) is 0 Å². The molecule has 2 aliphatic rings. The third-order valence-corrected chi connectivity index (χ3v) is 3.21. The van der Waals surface area contributed by atoms with Gasteiger partial charge in [-0.25, -0.2) is 0 Å². The molecule has 4 heteroatoms. The number of likely N-dealkylation sites (tertiary alicyclic amines) is 1. The van der Waals surface area contributed by atoms with Crippen molar-refractivity contribution in [3.8, 4) is 0 Å². The van der Waals surface area contributed by atoms with Crippen LogP contribution in [0.5, 0.6) is 0 Å². The van der Waals surface area contributed by atoms with Gasteiger partial charge in [-0.05, 0) is 26.2 Å². The second kappa shape index (κ2) is 3.59. The Morgan fingerprint density at radius 3 is 2.67 bits per heavy atom. The number of carbonyl (C=O) groups excluding carboxylic acids is 2. The van der Waals surface area contributed by atoms with E-state index in [2.05, 4.69) is 12.2 Å². The fourth-order valence-corrected chi connectivity index (χ4v) is 2.01. The second-order valence-electron chi connectivity index (χ2n) is 4.85. The summed E-state index contributed by atoms with van der Waals surface area (Å²) in [4.78, 5) is 24.8. The van der Waals surface area contributed by atoms with Crippen LogP contribution in [0.3, 0.4) is 0 Å². The molecule has 1 atom stereocenters. The third kappa shape index (κ3) is 2.04. The summed E-state index contributed by atoms with van der Waals surface area (Å²) in [7, 11) is 0. The van der Waals surface area contributed by atoms with Gasteiger partial charge in [-0.1, -0.05) is 6.92 Å². The SMILES string of the molecule is CCCN1C(=O)CC(NC2(C)CC2)C1=O. The molecule has 0 spiro atoms. The zero-order valence-electron chi connectivity index (χ0n) is 9.38. The fourth-order valence-electron chi connectivity index (χ4n) is 2.01. The van der Waals surface area contributed by atoms with Crippen molar-refractivity contribution in [2.75, 3.05) is 6.54 Å². The van der Waals surface area contributed by atoms with Gasteiger partial charge in [0, 0.05) is 12.1 Å². The van der Waals surface area contributed by atoms with Gasteiger partial charge in [0.25, 0.3) is 0 Å². The molecular weight excluding hydrogens is 192 g/mol. The summed E-state index contributed by atoms with van der Waals surface area (Å²) >= 11 is 0. The Morgan fingerprint density at radius 1 is 1.47 bits per heavy atom. The van der Waals surface area contributed by atoms with E-state index >= 15 is 0 Å². The lowest BCUT2D eigenvalue weighted by Gasteiger charge is -2.17. The highest BCUT2D eigenvalue weighted by Gasteiger charge is 2.45. The second-order valence-corrected chi connectivity index (χ2v) is 4.85. The molecule has 0 aromatic rings. The summed E-state index contributed by atoms with van der Waals surface area (Å²) in [6.45, 7) is 4.64. The Hall–Kier alpha value is -0.900. The molecule has 1 saturated carbocycles. The van der Waals surface area contributed by atoms with Crippen LogP contribution in [0.4, 0.5) is 0 Å². The first kappa shape index (κ1) is 10.6. The van der Waals surface area contributed by atoms with E-state index in [1.54, 1.807) is 0 Å². The van der Waals surface area contributed by atoms with Crippen molar-refractivity contribution < 1.29 is 9.59 Å². The highest BCUT2D eigenvalue weighted by atomic mass is 16.2. The van der Waals surface area contributed by atoms with Crippen molar-refractivity contribution >= 4 is 11.8 Å². The first-order valence-corrected chi connectivity index (χ1v) is 5.68. The first-order valence-electron chi connectivity index (χ1n) is 5.68. The molecule has 15 heavy (non-hydrogen) atoms. The number of nitrogens with zero attached hydrogens (tertiary/aromatic N) is 1. The number of carbonyl (C=O) groups is 2. The van der Waals surface area contributed by atoms with E-state index in [1.165, 1.54) is 4.90 Å². The van der Waals surface area contributed by atoms with Gasteiger partial charge in [0.1, 0.15) is 0 Å². The minimum atomic E-state index is -0.267. The number of hydrogen-bond donors (Lipinski definition) is 1. The van der Waals surface area contributed by atoms with E-state index in [0.29, 0.717) is 13.0 Å². The number of imide groups is 1. The summed E-state index contributed by atoms with van der Waals surface area (Å²) in [5.74, 6) is -0.0569. The van der Waals surface area contributed by atoms with Gasteiger partial charge in [0.05, 0.1) is 12.5 Å². The van der Waals surface area contributed by atoms with Crippen LogP contribution in [0.15, 0.2) is 0 Å². The van der Waals surface area contributed by atoms with Gasteiger partial charge in [-0.2, -0.15) is 0 Å². The predicted octanol–water partition coefficient (Wildman–Crippen LogP) is 0.666. The molecule has 2 rings (SSSR count). The zero-order valence-corrected chi connectivity index (χ0v) is 9.38. The zero-order chi connectivity index (χ0) is 11.1. The lowest BCUT2D eigenvalue weighted by molar-refractivity contribution is -0.138. The Labute approximate surface area is 90.0 Å². The summed E-state index contributed by atoms with van der Waals surface area (Å²) in [5, 5.41) is 3.29. The van der Waals surface area contributed by atoms with Crippen LogP contribution < -0.4 is 5.32 Å². The molecule has 2 fully saturated rings. The van der Waals surface area contributed by atoms with Crippen molar-refractivity contribution in [3.05, 3.63) is 0 Å². The summed E-state index contributed by atoms with van der Waals surface area (Å²) < 4.78 is 0. The normalized spacial score (nSPS) is 28.7. The minimum Gasteiger partial charge on any atom is -0.300 e. The molecule has 1 aliphatic carbocycles. The lowest BCUT2D eigenvalue weighted by atomic mass is 10.2. The molecular formula is C11H18N2O2. The minimum absolute atomic E-state index is 0.0244. The molecule has 1 unspecified atom stereocenters. The van der Waals surface area contributed by atoms with E-state index in [-0.39, 0.29) is 23.4 Å². The van der Waals surface area contributed by atoms with Crippen molar-refractivity contribution in [3.63, 3.8) is 0 Å². The van der Waals surface area contributed by atoms with Crippen LogP contribution in [-0.4, -0.2) is 34.8 Å². The van der Waals surface area contributed by atoms with E-state index in [9.17, 15) is 9.59 Å². The van der Waals surface area contributed by atoms with Crippen molar-refractivity contribution in [2.45, 2.75) is 51.1 Å². The van der Waals surface area contributed by atoms with Gasteiger partial charge in [0.2, 0.25) is 11.8 Å². The average molecular weight is 210 g/mol. The first-order chi connectivity index (χ1) is 7.06. The summed E-state index contributed by atoms with van der Waals surface area (Å²) in [6, 6.07) is -0.267. The average Bonchev–Trinajstić information content (AvgIpc) is 2.84. The molecule has 0 bridgehead atoms. The monoisotopic (exact) mass is 210 g/mol. The predicted molar refractivity (Wildman–Crippen MR) is 56.2 cm³/mol. The maximum absolute atomic E-state index is 11.9. The molecule has 0 aromatic carbocycles. The Kier molecular flexibility index (Phi) is 2.54. The van der Waals surface area contributed by atoms with Crippen LogP contribution in [0, 0.1) is 0 Å². The van der Waals surface area contributed by atoms with E-state index in [1.807, 2.05) is 6.92 Å². The maximum Gasteiger partial charge on any atom is 0.246 e. The Morgan fingerprint density at radius 2 is 2.13 bits per heavy atom. The molecule has 84 valence electrons. The molecule has 1 aliphatic heterocycles. The van der Waals surface area contributed by atoms with Crippen LogP contribution in [0.25, 0.3) is 0 Å². The number of amides is 2. The van der Waals surface area contributed by atoms with Gasteiger partial charge in [-0.3, -0.25) is 14.5 Å². The number of hydrogen-bond acceptors (Lipinski definition) is 3. The molecule has 1 heterocycles. The molecule has 4 nitrogen and oxygen atoms in total. The molecule has 1 saturated heterocycles. The van der Waals surface area contributed by atoms with Gasteiger partial charge < -0.3 is 5.32 Å². The Bertz CT molecular complexity index is 297. The summed E-state index contributed by atoms with van der Waals surface area (Å²) in [6.07, 6.45) is 3.40. The third-order valence-electron chi connectivity index (χ3n) is 3.21. The highest BCUT2D eigenvalue weighted by Crippen LogP contribution is 2.35. The lowest BCUT2D eigenvalue weighted by Crippen LogP contribution is -2.44.